The molecule has 1 aromatic heterocycles. The van der Waals surface area contributed by atoms with Crippen LogP contribution in [0.3, 0.4) is 0 Å². The van der Waals surface area contributed by atoms with Crippen LogP contribution in [0.1, 0.15) is 11.1 Å². The largest absolute Gasteiger partial charge is 0.337 e. The molecule has 3 aromatic rings. The smallest absolute Gasteiger partial charge is 0.315 e. The summed E-state index contributed by atoms with van der Waals surface area (Å²) in [6.45, 7) is 1.15. The van der Waals surface area contributed by atoms with E-state index in [0.717, 1.165) is 12.0 Å². The van der Waals surface area contributed by atoms with E-state index in [9.17, 15) is 4.79 Å². The highest BCUT2D eigenvalue weighted by Gasteiger charge is 2.16. The summed E-state index contributed by atoms with van der Waals surface area (Å²) in [5, 5.41) is 9.47. The summed E-state index contributed by atoms with van der Waals surface area (Å²) in [5.74, 6) is 0. The number of nitrogens with one attached hydrogen (secondary N) is 2. The van der Waals surface area contributed by atoms with Crippen LogP contribution in [0.2, 0.25) is 0 Å². The Kier molecular flexibility index (Phi) is 6.26. The first-order chi connectivity index (χ1) is 12.6. The van der Waals surface area contributed by atoms with Crippen molar-refractivity contribution in [2.75, 3.05) is 20.6 Å². The first kappa shape index (κ1) is 18.4. The molecule has 4 nitrogen and oxygen atoms in total. The molecule has 2 aromatic carbocycles. The highest BCUT2D eigenvalue weighted by atomic mass is 32.1. The molecular weight excluding hydrogens is 342 g/mol. The molecule has 1 heterocycles. The Hall–Kier alpha value is -2.37. The number of likely N-dealkylation sites (N-methyl/N-ethyl adjacent to an activating group) is 1. The minimum atomic E-state index is -0.129. The number of hydrogen-bond acceptors (Lipinski definition) is 3. The van der Waals surface area contributed by atoms with E-state index in [-0.39, 0.29) is 12.1 Å². The summed E-state index contributed by atoms with van der Waals surface area (Å²) in [6.07, 6.45) is 0.913. The monoisotopic (exact) mass is 367 g/mol. The van der Waals surface area contributed by atoms with Gasteiger partial charge in [0.25, 0.3) is 0 Å². The molecule has 0 saturated carbocycles. The Balaban J connectivity index is 1.54. The molecule has 1 atom stereocenters. The lowest BCUT2D eigenvalue weighted by atomic mass is 10.0. The third-order valence-corrected chi connectivity index (χ3v) is 5.55. The lowest BCUT2D eigenvalue weighted by Crippen LogP contribution is -2.44. The van der Waals surface area contributed by atoms with Crippen molar-refractivity contribution in [1.29, 1.82) is 0 Å². The van der Waals surface area contributed by atoms with Crippen LogP contribution in [0.25, 0.3) is 10.1 Å². The molecular formula is C21H25N3OS. The summed E-state index contributed by atoms with van der Waals surface area (Å²) < 4.78 is 1.31. The minimum Gasteiger partial charge on any atom is -0.337 e. The number of amides is 2. The van der Waals surface area contributed by atoms with Gasteiger partial charge in [0.15, 0.2) is 0 Å². The van der Waals surface area contributed by atoms with Gasteiger partial charge in [0.05, 0.1) is 0 Å². The maximum Gasteiger partial charge on any atom is 0.315 e. The highest BCUT2D eigenvalue weighted by molar-refractivity contribution is 7.17. The van der Waals surface area contributed by atoms with Crippen molar-refractivity contribution in [3.63, 3.8) is 0 Å². The highest BCUT2D eigenvalue weighted by Crippen LogP contribution is 2.26. The van der Waals surface area contributed by atoms with Gasteiger partial charge in [0, 0.05) is 23.8 Å². The predicted octanol–water partition coefficient (Wildman–Crippen LogP) is 3.87. The number of fused-ring (bicyclic) bond motifs is 1. The van der Waals surface area contributed by atoms with Gasteiger partial charge in [-0.25, -0.2) is 4.79 Å². The van der Waals surface area contributed by atoms with Crippen LogP contribution in [-0.2, 0) is 13.0 Å². The van der Waals surface area contributed by atoms with Gasteiger partial charge >= 0.3 is 6.03 Å². The second-order valence-corrected chi connectivity index (χ2v) is 7.54. The quantitative estimate of drug-likeness (QED) is 0.666. The Morgan fingerprint density at radius 1 is 1.04 bits per heavy atom. The summed E-state index contributed by atoms with van der Waals surface area (Å²) in [6, 6.07) is 18.5. The van der Waals surface area contributed by atoms with Crippen molar-refractivity contribution in [2.45, 2.75) is 19.0 Å². The van der Waals surface area contributed by atoms with E-state index in [0.29, 0.717) is 13.1 Å². The molecule has 0 spiro atoms. The van der Waals surface area contributed by atoms with Gasteiger partial charge in [-0.3, -0.25) is 0 Å². The fraction of sp³-hybridized carbons (Fsp3) is 0.286. The Morgan fingerprint density at radius 2 is 1.77 bits per heavy atom. The summed E-state index contributed by atoms with van der Waals surface area (Å²) in [5.41, 5.74) is 2.44. The molecule has 0 aliphatic carbocycles. The second kappa shape index (κ2) is 8.83. The molecule has 0 radical (unpaired) electrons. The number of rotatable bonds is 7. The van der Waals surface area contributed by atoms with E-state index >= 15 is 0 Å². The molecule has 0 aliphatic heterocycles. The number of carbonyl (C=O) groups excluding carboxylic acids is 1. The lowest BCUT2D eigenvalue weighted by molar-refractivity contribution is 0.231. The van der Waals surface area contributed by atoms with Crippen molar-refractivity contribution >= 4 is 27.5 Å². The van der Waals surface area contributed by atoms with E-state index in [1.807, 2.05) is 30.3 Å². The third-order valence-electron chi connectivity index (χ3n) is 4.54. The molecule has 136 valence electrons. The van der Waals surface area contributed by atoms with Crippen LogP contribution in [0.4, 0.5) is 4.79 Å². The molecule has 2 amide bonds. The van der Waals surface area contributed by atoms with E-state index in [1.165, 1.54) is 15.6 Å². The molecule has 0 bridgehead atoms. The SMILES string of the molecule is CN(C)C(CNC(=O)NCc1ccccc1)Cc1csc2ccccc12. The Bertz CT molecular complexity index is 845. The van der Waals surface area contributed by atoms with Gasteiger partial charge < -0.3 is 15.5 Å². The summed E-state index contributed by atoms with van der Waals surface area (Å²) in [4.78, 5) is 14.3. The number of carbonyl (C=O) groups is 1. The average Bonchev–Trinajstić information content (AvgIpc) is 3.07. The molecule has 5 heteroatoms. The fourth-order valence-corrected chi connectivity index (χ4v) is 3.91. The molecule has 26 heavy (non-hydrogen) atoms. The maximum absolute atomic E-state index is 12.1. The van der Waals surface area contributed by atoms with Gasteiger partial charge in [-0.2, -0.15) is 0 Å². The van der Waals surface area contributed by atoms with Gasteiger partial charge in [0.2, 0.25) is 0 Å². The van der Waals surface area contributed by atoms with Crippen molar-refractivity contribution in [3.8, 4) is 0 Å². The summed E-state index contributed by atoms with van der Waals surface area (Å²) in [7, 11) is 4.12. The van der Waals surface area contributed by atoms with Crippen LogP contribution >= 0.6 is 11.3 Å². The first-order valence-electron chi connectivity index (χ1n) is 8.80. The Morgan fingerprint density at radius 3 is 2.54 bits per heavy atom. The molecule has 0 aliphatic rings. The van der Waals surface area contributed by atoms with Gasteiger partial charge in [-0.15, -0.1) is 11.3 Å². The van der Waals surface area contributed by atoms with Crippen LogP contribution in [0.5, 0.6) is 0 Å². The fourth-order valence-electron chi connectivity index (χ4n) is 2.93. The molecule has 1 unspecified atom stereocenters. The van der Waals surface area contributed by atoms with Crippen molar-refractivity contribution < 1.29 is 4.79 Å². The normalized spacial score (nSPS) is 12.3. The Labute approximate surface area is 158 Å². The first-order valence-corrected chi connectivity index (χ1v) is 9.68. The topological polar surface area (TPSA) is 44.4 Å². The number of hydrogen-bond donors (Lipinski definition) is 2. The number of urea groups is 1. The number of nitrogens with zero attached hydrogens (tertiary/aromatic N) is 1. The standard InChI is InChI=1S/C21H25N3OS/c1-24(2)18(12-17-15-26-20-11-7-6-10-19(17)20)14-23-21(25)22-13-16-8-4-3-5-9-16/h3-11,15,18H,12-14H2,1-2H3,(H2,22,23,25). The van der Waals surface area contributed by atoms with Crippen LogP contribution in [-0.4, -0.2) is 37.6 Å². The predicted molar refractivity (Wildman–Crippen MR) is 110 cm³/mol. The zero-order valence-corrected chi connectivity index (χ0v) is 16.1. The third kappa shape index (κ3) is 4.84. The zero-order chi connectivity index (χ0) is 18.4. The molecule has 3 rings (SSSR count). The van der Waals surface area contributed by atoms with Crippen molar-refractivity contribution in [2.24, 2.45) is 0 Å². The van der Waals surface area contributed by atoms with Crippen LogP contribution in [0.15, 0.2) is 60.0 Å². The molecule has 0 fully saturated rings. The van der Waals surface area contributed by atoms with Crippen molar-refractivity contribution in [1.82, 2.24) is 15.5 Å². The molecule has 0 saturated heterocycles. The second-order valence-electron chi connectivity index (χ2n) is 6.63. The van der Waals surface area contributed by atoms with E-state index in [2.05, 4.69) is 59.3 Å². The molecule has 2 N–H and O–H groups in total. The minimum absolute atomic E-state index is 0.129. The van der Waals surface area contributed by atoms with Gasteiger partial charge in [0.1, 0.15) is 0 Å². The van der Waals surface area contributed by atoms with Crippen LogP contribution in [0, 0.1) is 0 Å². The van der Waals surface area contributed by atoms with E-state index in [4.69, 9.17) is 0 Å². The van der Waals surface area contributed by atoms with Gasteiger partial charge in [-0.05, 0) is 48.5 Å². The lowest BCUT2D eigenvalue weighted by Gasteiger charge is -2.24. The number of thiophene rings is 1. The maximum atomic E-state index is 12.1. The van der Waals surface area contributed by atoms with Crippen LogP contribution < -0.4 is 10.6 Å². The summed E-state index contributed by atoms with van der Waals surface area (Å²) >= 11 is 1.78. The number of benzene rings is 2. The van der Waals surface area contributed by atoms with E-state index < -0.39 is 0 Å². The van der Waals surface area contributed by atoms with Gasteiger partial charge in [-0.1, -0.05) is 48.5 Å². The zero-order valence-electron chi connectivity index (χ0n) is 15.2. The van der Waals surface area contributed by atoms with E-state index in [1.54, 1.807) is 11.3 Å². The van der Waals surface area contributed by atoms with Crippen molar-refractivity contribution in [3.05, 3.63) is 71.1 Å². The average molecular weight is 368 g/mol.